The first-order valence-electron chi connectivity index (χ1n) is 21.1. The SMILES string of the molecule is O=[N+]([O-])c1ccccc1-c1cccc2oc3ccccc3c12.[2H]OC[B].c1ccc(P(c2ccccc2)c2ccccc2)cc1.c1ccc2c(c1)[nH]c1ccc3oc4ccccc4c3c12. The highest BCUT2D eigenvalue weighted by Crippen LogP contribution is 2.40. The Morgan fingerprint density at radius 3 is 1.52 bits per heavy atom. The zero-order chi connectivity index (χ0) is 44.5. The van der Waals surface area contributed by atoms with Gasteiger partial charge in [0.25, 0.3) is 5.69 Å². The zero-order valence-corrected chi connectivity index (χ0v) is 35.4. The fourth-order valence-corrected chi connectivity index (χ4v) is 10.5. The molecule has 0 aliphatic heterocycles. The molecule has 9 aromatic carbocycles. The number of rotatable bonds is 6. The molecule has 3 heterocycles. The molecular formula is C55H40BN2O5P. The van der Waals surface area contributed by atoms with Crippen molar-refractivity contribution in [1.82, 2.24) is 4.98 Å². The van der Waals surface area contributed by atoms with Crippen LogP contribution in [-0.2, 0) is 0 Å². The molecule has 0 bridgehead atoms. The predicted octanol–water partition coefficient (Wildman–Crippen LogP) is 12.9. The predicted molar refractivity (Wildman–Crippen MR) is 267 cm³/mol. The fourth-order valence-electron chi connectivity index (χ4n) is 8.19. The van der Waals surface area contributed by atoms with Crippen molar-refractivity contribution in [2.24, 2.45) is 0 Å². The van der Waals surface area contributed by atoms with Crippen molar-refractivity contribution in [2.45, 2.75) is 0 Å². The van der Waals surface area contributed by atoms with Crippen LogP contribution in [-0.4, -0.2) is 30.8 Å². The Hall–Kier alpha value is -7.77. The van der Waals surface area contributed by atoms with Gasteiger partial charge in [-0.2, -0.15) is 0 Å². The molecule has 64 heavy (non-hydrogen) atoms. The van der Waals surface area contributed by atoms with Crippen molar-refractivity contribution in [2.75, 3.05) is 6.51 Å². The van der Waals surface area contributed by atoms with E-state index in [9.17, 15) is 10.1 Å². The molecule has 0 fully saturated rings. The van der Waals surface area contributed by atoms with Gasteiger partial charge in [-0.15, -0.1) is 0 Å². The van der Waals surface area contributed by atoms with Gasteiger partial charge >= 0.3 is 0 Å². The number of hydrogen-bond acceptors (Lipinski definition) is 5. The second-order valence-electron chi connectivity index (χ2n) is 14.7. The maximum absolute atomic E-state index is 11.3. The summed E-state index contributed by atoms with van der Waals surface area (Å²) < 4.78 is 17.6. The number of nitrogens with zero attached hydrogens (tertiary/aromatic N) is 1. The van der Waals surface area contributed by atoms with Crippen molar-refractivity contribution in [3.63, 3.8) is 0 Å². The molecule has 0 unspecified atom stereocenters. The molecule has 2 radical (unpaired) electrons. The molecule has 0 atom stereocenters. The highest BCUT2D eigenvalue weighted by Gasteiger charge is 2.20. The molecule has 308 valence electrons. The lowest BCUT2D eigenvalue weighted by Gasteiger charge is -2.18. The van der Waals surface area contributed by atoms with Gasteiger partial charge < -0.3 is 18.9 Å². The number of aromatic amines is 1. The standard InChI is InChI=1S/C18H11NO3.C18H11NO.C18H15P.CH3BO/c20-19(21)15-9-3-1-6-12(15)13-8-5-11-17-18(13)14-7-2-4-10-16(14)22-17;1-3-7-13-11(5-1)17-14(19-13)9-10-16-18(17)12-6-2-4-8-15(12)20-16;1-4-10-16(11-5-1)19(17-12-6-2-7-13-17)18-14-8-3-9-15-18;2-1-3/h1-11H;1-10,19H;1-15H;3H,1H2/i;;;3D. The number of nitrogens with one attached hydrogen (secondary N) is 1. The number of furan rings is 2. The van der Waals surface area contributed by atoms with Gasteiger partial charge in [0.15, 0.2) is 0 Å². The number of fused-ring (bicyclic) bond motifs is 10. The molecule has 7 nitrogen and oxygen atoms in total. The zero-order valence-electron chi connectivity index (χ0n) is 35.5. The van der Waals surface area contributed by atoms with Crippen molar-refractivity contribution >= 4 is 103 Å². The highest BCUT2D eigenvalue weighted by atomic mass is 31.1. The normalized spacial score (nSPS) is 11.2. The van der Waals surface area contributed by atoms with Gasteiger partial charge in [0.1, 0.15) is 30.2 Å². The number of H-pyrrole nitrogens is 1. The minimum Gasteiger partial charge on any atom is -0.456 e. The average Bonchev–Trinajstić information content (AvgIpc) is 4.07. The molecule has 0 saturated carbocycles. The second-order valence-corrected chi connectivity index (χ2v) is 16.9. The van der Waals surface area contributed by atoms with E-state index < -0.39 is 7.92 Å². The number of nitro groups is 1. The molecule has 0 aliphatic carbocycles. The molecule has 0 aliphatic rings. The van der Waals surface area contributed by atoms with Gasteiger partial charge in [-0.1, -0.05) is 170 Å². The molecule has 0 saturated heterocycles. The highest BCUT2D eigenvalue weighted by molar-refractivity contribution is 7.79. The van der Waals surface area contributed by atoms with Gasteiger partial charge in [0, 0.05) is 61.5 Å². The van der Waals surface area contributed by atoms with Crippen LogP contribution in [0.3, 0.4) is 0 Å². The molecule has 9 heteroatoms. The van der Waals surface area contributed by atoms with Crippen molar-refractivity contribution in [1.29, 1.82) is 1.43 Å². The minimum atomic E-state index is -0.446. The van der Waals surface area contributed by atoms with Crippen molar-refractivity contribution < 1.29 is 18.9 Å². The van der Waals surface area contributed by atoms with E-state index in [1.165, 1.54) is 49.0 Å². The number of aliphatic hydroxyl groups is 1. The van der Waals surface area contributed by atoms with Crippen molar-refractivity contribution in [3.05, 3.63) is 229 Å². The summed E-state index contributed by atoms with van der Waals surface area (Å²) in [5, 5.41) is 25.8. The Morgan fingerprint density at radius 1 is 0.484 bits per heavy atom. The summed E-state index contributed by atoms with van der Waals surface area (Å²) in [6.45, 7) is -0.0139. The van der Waals surface area contributed by atoms with Crippen LogP contribution in [0.1, 0.15) is 0 Å². The van der Waals surface area contributed by atoms with Gasteiger partial charge in [-0.25, -0.2) is 0 Å². The molecule has 2 N–H and O–H groups in total. The summed E-state index contributed by atoms with van der Waals surface area (Å²) >= 11 is 0. The molecular weight excluding hydrogens is 810 g/mol. The summed E-state index contributed by atoms with van der Waals surface area (Å²) in [5.74, 6) is 0. The Morgan fingerprint density at radius 2 is 0.938 bits per heavy atom. The smallest absolute Gasteiger partial charge is 0.277 e. The van der Waals surface area contributed by atoms with Crippen LogP contribution >= 0.6 is 7.92 Å². The van der Waals surface area contributed by atoms with Gasteiger partial charge in [-0.3, -0.25) is 10.1 Å². The first-order valence-corrected chi connectivity index (χ1v) is 22.1. The van der Waals surface area contributed by atoms with Gasteiger partial charge in [0.2, 0.25) is 1.43 Å². The summed E-state index contributed by atoms with van der Waals surface area (Å²) in [6, 6.07) is 73.2. The van der Waals surface area contributed by atoms with Crippen LogP contribution < -0.4 is 15.9 Å². The average molecular weight is 852 g/mol. The number of benzene rings is 9. The van der Waals surface area contributed by atoms with Crippen molar-refractivity contribution in [3.8, 4) is 11.1 Å². The van der Waals surface area contributed by atoms with E-state index in [0.717, 1.165) is 44.2 Å². The molecule has 0 spiro atoms. The van der Waals surface area contributed by atoms with Crippen LogP contribution in [0.2, 0.25) is 0 Å². The summed E-state index contributed by atoms with van der Waals surface area (Å²) in [6.07, 6.45) is 0. The van der Waals surface area contributed by atoms with Crippen LogP contribution in [0.4, 0.5) is 5.69 Å². The lowest BCUT2D eigenvalue weighted by molar-refractivity contribution is -0.384. The van der Waals surface area contributed by atoms with Crippen LogP contribution in [0.25, 0.3) is 76.8 Å². The number of para-hydroxylation sites is 4. The number of aliphatic hydroxyl groups excluding tert-OH is 1. The maximum Gasteiger partial charge on any atom is 0.277 e. The summed E-state index contributed by atoms with van der Waals surface area (Å²) in [4.78, 5) is 14.4. The second kappa shape index (κ2) is 19.1. The maximum atomic E-state index is 11.3. The van der Waals surface area contributed by atoms with Crippen LogP contribution in [0.15, 0.2) is 227 Å². The number of hydrogen-bond donors (Lipinski definition) is 2. The third kappa shape index (κ3) is 8.40. The third-order valence-electron chi connectivity index (χ3n) is 10.8. The van der Waals surface area contributed by atoms with Crippen LogP contribution in [0.5, 0.6) is 0 Å². The summed E-state index contributed by atoms with van der Waals surface area (Å²) in [5.41, 5.74) is 7.24. The van der Waals surface area contributed by atoms with E-state index in [4.69, 9.17) is 10.3 Å². The lowest BCUT2D eigenvalue weighted by Crippen LogP contribution is -2.20. The quantitative estimate of drug-likeness (QED) is 0.0750. The monoisotopic (exact) mass is 851 g/mol. The number of aromatic nitrogens is 1. The van der Waals surface area contributed by atoms with E-state index in [0.29, 0.717) is 5.56 Å². The Balaban J connectivity index is 0.000000118. The first-order chi connectivity index (χ1) is 32.0. The molecule has 3 aromatic heterocycles. The molecule has 12 aromatic rings. The fraction of sp³-hybridized carbons (Fsp3) is 0.0182. The van der Waals surface area contributed by atoms with E-state index >= 15 is 0 Å². The van der Waals surface area contributed by atoms with Gasteiger partial charge in [-0.05, 0) is 66.3 Å². The Kier molecular flexibility index (Phi) is 12.0. The minimum absolute atomic E-state index is 0.0139. The first kappa shape index (κ1) is 40.3. The Labute approximate surface area is 373 Å². The molecule has 0 amide bonds. The topological polar surface area (TPSA) is 105 Å². The largest absolute Gasteiger partial charge is 0.456 e. The van der Waals surface area contributed by atoms with E-state index in [2.05, 4.69) is 151 Å². The lowest BCUT2D eigenvalue weighted by atomic mass is 9.98. The van der Waals surface area contributed by atoms with E-state index in [-0.39, 0.29) is 17.1 Å². The van der Waals surface area contributed by atoms with E-state index in [1.54, 1.807) is 12.1 Å². The van der Waals surface area contributed by atoms with E-state index in [1.807, 2.05) is 66.7 Å². The Bertz CT molecular complexity index is 3340. The molecule has 12 rings (SSSR count). The number of nitro benzene ring substituents is 1. The van der Waals surface area contributed by atoms with Gasteiger partial charge in [0.05, 0.1) is 10.5 Å². The van der Waals surface area contributed by atoms with Crippen LogP contribution in [0, 0.1) is 10.1 Å². The third-order valence-corrected chi connectivity index (χ3v) is 13.3. The summed E-state index contributed by atoms with van der Waals surface area (Å²) in [7, 11) is 4.17.